The van der Waals surface area contributed by atoms with Gasteiger partial charge in [-0.3, -0.25) is 14.5 Å². The van der Waals surface area contributed by atoms with Crippen LogP contribution in [0.5, 0.6) is 0 Å². The molecule has 8 heteroatoms. The maximum atomic E-state index is 12.7. The molecular weight excluding hydrogens is 348 g/mol. The predicted molar refractivity (Wildman–Crippen MR) is 95.2 cm³/mol. The zero-order valence-corrected chi connectivity index (χ0v) is 15.6. The number of likely N-dealkylation sites (N-methyl/N-ethyl adjacent to an activating group) is 1. The van der Waals surface area contributed by atoms with Gasteiger partial charge in [0.05, 0.1) is 19.7 Å². The molecule has 1 N–H and O–H groups in total. The molecule has 2 saturated heterocycles. The van der Waals surface area contributed by atoms with Gasteiger partial charge >= 0.3 is 0 Å². The number of carbonyl (C=O) groups excluding carboxylic acids is 2. The van der Waals surface area contributed by atoms with Crippen molar-refractivity contribution in [3.63, 3.8) is 0 Å². The summed E-state index contributed by atoms with van der Waals surface area (Å²) in [6.07, 6.45) is 4.72. The van der Waals surface area contributed by atoms with E-state index in [0.29, 0.717) is 43.8 Å². The Labute approximate surface area is 158 Å². The van der Waals surface area contributed by atoms with E-state index in [-0.39, 0.29) is 23.5 Å². The summed E-state index contributed by atoms with van der Waals surface area (Å²) in [5, 5.41) is 6.70. The Kier molecular flexibility index (Phi) is 4.01. The van der Waals surface area contributed by atoms with Crippen LogP contribution in [0, 0.1) is 5.92 Å². The van der Waals surface area contributed by atoms with Gasteiger partial charge in [-0.2, -0.15) is 0 Å². The van der Waals surface area contributed by atoms with Gasteiger partial charge in [-0.15, -0.1) is 0 Å². The zero-order valence-electron chi connectivity index (χ0n) is 15.6. The summed E-state index contributed by atoms with van der Waals surface area (Å²) < 4.78 is 11.4. The van der Waals surface area contributed by atoms with Crippen molar-refractivity contribution in [2.24, 2.45) is 5.92 Å². The van der Waals surface area contributed by atoms with Crippen molar-refractivity contribution in [2.75, 3.05) is 39.8 Å². The third-order valence-electron chi connectivity index (χ3n) is 6.19. The van der Waals surface area contributed by atoms with E-state index < -0.39 is 0 Å². The second-order valence-corrected chi connectivity index (χ2v) is 8.55. The number of carbonyl (C=O) groups is 2. The number of hydrogen-bond donors (Lipinski definition) is 1. The Morgan fingerprint density at radius 3 is 2.70 bits per heavy atom. The van der Waals surface area contributed by atoms with E-state index in [0.717, 1.165) is 25.1 Å². The third kappa shape index (κ3) is 3.25. The number of nitrogens with zero attached hydrogens (tertiary/aromatic N) is 3. The molecule has 0 aromatic carbocycles. The van der Waals surface area contributed by atoms with Crippen LogP contribution in [0.1, 0.15) is 47.8 Å². The Morgan fingerprint density at radius 1 is 1.26 bits per heavy atom. The number of ether oxygens (including phenoxy) is 1. The fraction of sp³-hybridized carbons (Fsp3) is 0.737. The highest BCUT2D eigenvalue weighted by atomic mass is 16.5. The van der Waals surface area contributed by atoms with Crippen molar-refractivity contribution >= 4 is 11.8 Å². The predicted octanol–water partition coefficient (Wildman–Crippen LogP) is 0.603. The molecule has 0 unspecified atom stereocenters. The molecule has 4 aliphatic rings. The summed E-state index contributed by atoms with van der Waals surface area (Å²) in [5.74, 6) is 1.88. The average molecular weight is 374 g/mol. The van der Waals surface area contributed by atoms with E-state index in [4.69, 9.17) is 9.26 Å². The molecule has 146 valence electrons. The van der Waals surface area contributed by atoms with Gasteiger partial charge in [0.25, 0.3) is 5.91 Å². The lowest BCUT2D eigenvalue weighted by Crippen LogP contribution is -2.73. The van der Waals surface area contributed by atoms with Gasteiger partial charge in [0.2, 0.25) is 5.91 Å². The largest absolute Gasteiger partial charge is 0.368 e. The summed E-state index contributed by atoms with van der Waals surface area (Å²) in [6, 6.07) is 1.55. The maximum absolute atomic E-state index is 12.7. The number of morpholine rings is 1. The molecule has 3 heterocycles. The molecule has 0 radical (unpaired) electrons. The zero-order chi connectivity index (χ0) is 18.6. The van der Waals surface area contributed by atoms with Crippen LogP contribution in [0.2, 0.25) is 0 Å². The Hall–Kier alpha value is -1.93. The molecular formula is C19H26N4O4. The summed E-state index contributed by atoms with van der Waals surface area (Å²) >= 11 is 0. The minimum Gasteiger partial charge on any atom is -0.368 e. The Balaban J connectivity index is 1.22. The molecule has 2 aliphatic carbocycles. The van der Waals surface area contributed by atoms with Gasteiger partial charge in [-0.05, 0) is 31.6 Å². The molecule has 2 aliphatic heterocycles. The lowest BCUT2D eigenvalue weighted by molar-refractivity contribution is -0.191. The number of aromatic nitrogens is 1. The first-order valence-corrected chi connectivity index (χ1v) is 9.92. The summed E-state index contributed by atoms with van der Waals surface area (Å²) in [5.41, 5.74) is 0.0265. The normalized spacial score (nSPS) is 27.4. The topological polar surface area (TPSA) is 87.9 Å². The van der Waals surface area contributed by atoms with E-state index in [9.17, 15) is 9.59 Å². The van der Waals surface area contributed by atoms with Crippen molar-refractivity contribution < 1.29 is 18.8 Å². The molecule has 0 bridgehead atoms. The molecule has 8 nitrogen and oxygen atoms in total. The van der Waals surface area contributed by atoms with E-state index in [1.165, 1.54) is 12.8 Å². The quantitative estimate of drug-likeness (QED) is 0.812. The fourth-order valence-electron chi connectivity index (χ4n) is 4.22. The Morgan fingerprint density at radius 2 is 2.04 bits per heavy atom. The fourth-order valence-corrected chi connectivity index (χ4v) is 4.22. The molecule has 1 aromatic heterocycles. The van der Waals surface area contributed by atoms with Crippen LogP contribution in [0.25, 0.3) is 0 Å². The molecule has 27 heavy (non-hydrogen) atoms. The molecule has 2 saturated carbocycles. The highest BCUT2D eigenvalue weighted by Crippen LogP contribution is 2.41. The van der Waals surface area contributed by atoms with Crippen LogP contribution in [0.15, 0.2) is 10.6 Å². The second kappa shape index (κ2) is 6.31. The number of nitrogens with one attached hydrogen (secondary N) is 1. The van der Waals surface area contributed by atoms with Gasteiger partial charge in [0.1, 0.15) is 17.4 Å². The monoisotopic (exact) mass is 374 g/mol. The first-order valence-electron chi connectivity index (χ1n) is 9.92. The van der Waals surface area contributed by atoms with Gasteiger partial charge in [-0.25, -0.2) is 0 Å². The van der Waals surface area contributed by atoms with Crippen LogP contribution in [0.3, 0.4) is 0 Å². The van der Waals surface area contributed by atoms with Crippen LogP contribution in [0.4, 0.5) is 0 Å². The minimum atomic E-state index is -0.363. The lowest BCUT2D eigenvalue weighted by Gasteiger charge is -2.55. The molecule has 2 amide bonds. The molecule has 1 atom stereocenters. The highest BCUT2D eigenvalue weighted by molar-refractivity contribution is 5.93. The summed E-state index contributed by atoms with van der Waals surface area (Å²) in [6.45, 7) is 3.09. The van der Waals surface area contributed by atoms with Gasteiger partial charge in [0.15, 0.2) is 5.69 Å². The minimum absolute atomic E-state index is 0.00737. The van der Waals surface area contributed by atoms with Crippen molar-refractivity contribution in [1.82, 2.24) is 20.3 Å². The van der Waals surface area contributed by atoms with Gasteiger partial charge in [-0.1, -0.05) is 5.16 Å². The van der Waals surface area contributed by atoms with Crippen molar-refractivity contribution in [3.8, 4) is 0 Å². The van der Waals surface area contributed by atoms with Crippen molar-refractivity contribution in [1.29, 1.82) is 0 Å². The van der Waals surface area contributed by atoms with Crippen LogP contribution >= 0.6 is 0 Å². The molecule has 4 fully saturated rings. The van der Waals surface area contributed by atoms with Gasteiger partial charge < -0.3 is 19.5 Å². The van der Waals surface area contributed by atoms with Crippen LogP contribution in [-0.2, 0) is 9.53 Å². The van der Waals surface area contributed by atoms with E-state index in [2.05, 4.69) is 15.4 Å². The first kappa shape index (κ1) is 17.2. The van der Waals surface area contributed by atoms with Crippen molar-refractivity contribution in [3.05, 3.63) is 17.5 Å². The first-order chi connectivity index (χ1) is 13.1. The summed E-state index contributed by atoms with van der Waals surface area (Å²) in [7, 11) is 1.67. The average Bonchev–Trinajstić information content (AvgIpc) is 3.59. The standard InChI is InChI=1S/C19H26N4O4/c1-20-17(24)15-8-26-19(9-22(15)7-12-2-3-12)10-23(11-19)18(25)14-6-16(27-21-14)13-4-5-13/h6,12-13,15H,2-5,7-11H2,1H3,(H,20,24)/t15-/m1/s1. The lowest BCUT2D eigenvalue weighted by atomic mass is 9.89. The number of likely N-dealkylation sites (tertiary alicyclic amines) is 1. The molecule has 1 aromatic rings. The maximum Gasteiger partial charge on any atom is 0.276 e. The van der Waals surface area contributed by atoms with Crippen molar-refractivity contribution in [2.45, 2.75) is 43.2 Å². The summed E-state index contributed by atoms with van der Waals surface area (Å²) in [4.78, 5) is 28.9. The second-order valence-electron chi connectivity index (χ2n) is 8.55. The Bertz CT molecular complexity index is 749. The molecule has 5 rings (SSSR count). The number of hydrogen-bond acceptors (Lipinski definition) is 6. The number of amides is 2. The van der Waals surface area contributed by atoms with E-state index in [1.54, 1.807) is 18.0 Å². The van der Waals surface area contributed by atoms with E-state index >= 15 is 0 Å². The van der Waals surface area contributed by atoms with E-state index in [1.807, 2.05) is 0 Å². The number of rotatable bonds is 5. The van der Waals surface area contributed by atoms with Crippen LogP contribution in [-0.4, -0.2) is 78.2 Å². The smallest absolute Gasteiger partial charge is 0.276 e. The van der Waals surface area contributed by atoms with Crippen LogP contribution < -0.4 is 5.32 Å². The SMILES string of the molecule is CNC(=O)[C@H]1COC2(CN(C(=O)c3cc(C4CC4)on3)C2)CN1CC1CC1. The third-order valence-corrected chi connectivity index (χ3v) is 6.19. The van der Waals surface area contributed by atoms with Gasteiger partial charge in [0, 0.05) is 32.1 Å². The highest BCUT2D eigenvalue weighted by Gasteiger charge is 2.53. The molecule has 1 spiro atoms.